The van der Waals surface area contributed by atoms with E-state index >= 15 is 0 Å². The van der Waals surface area contributed by atoms with Crippen molar-refractivity contribution in [2.75, 3.05) is 31.1 Å². The lowest BCUT2D eigenvalue weighted by atomic mass is 9.80. The summed E-state index contributed by atoms with van der Waals surface area (Å²) >= 11 is 6.24. The zero-order valence-corrected chi connectivity index (χ0v) is 23.5. The molecule has 0 saturated heterocycles. The summed E-state index contributed by atoms with van der Waals surface area (Å²) in [4.78, 5) is 48.4. The van der Waals surface area contributed by atoms with Crippen LogP contribution in [-0.4, -0.2) is 64.7 Å². The van der Waals surface area contributed by atoms with Crippen LogP contribution in [-0.2, 0) is 14.4 Å². The molecule has 1 unspecified atom stereocenters. The minimum Gasteiger partial charge on any atom is -0.309 e. The summed E-state index contributed by atoms with van der Waals surface area (Å²) in [7, 11) is 0. The number of amides is 3. The van der Waals surface area contributed by atoms with E-state index in [0.717, 1.165) is 74.7 Å². The van der Waals surface area contributed by atoms with Crippen molar-refractivity contribution in [3.63, 3.8) is 0 Å². The summed E-state index contributed by atoms with van der Waals surface area (Å²) in [5.74, 6) is -0.174. The van der Waals surface area contributed by atoms with Crippen LogP contribution in [0.4, 0.5) is 5.69 Å². The van der Waals surface area contributed by atoms with Crippen molar-refractivity contribution >= 4 is 45.9 Å². The molecule has 1 fully saturated rings. The first-order valence-corrected chi connectivity index (χ1v) is 14.3. The lowest BCUT2D eigenvalue weighted by molar-refractivity contribution is -0.138. The topological polar surface area (TPSA) is 73.8 Å². The number of halogens is 1. The van der Waals surface area contributed by atoms with Crippen molar-refractivity contribution in [2.45, 2.75) is 65.3 Å². The van der Waals surface area contributed by atoms with E-state index in [1.807, 2.05) is 29.2 Å². The number of rotatable bonds is 11. The molecule has 1 atom stereocenters. The van der Waals surface area contributed by atoms with E-state index in [1.54, 1.807) is 6.20 Å². The second-order valence-electron chi connectivity index (χ2n) is 10.6. The second-order valence-corrected chi connectivity index (χ2v) is 11.0. The largest absolute Gasteiger partial charge is 0.309 e. The maximum atomic E-state index is 14.2. The number of carbonyl (C=O) groups excluding carboxylic acids is 3. The molecule has 7 nitrogen and oxygen atoms in total. The molecule has 204 valence electrons. The van der Waals surface area contributed by atoms with Gasteiger partial charge in [-0.05, 0) is 95.3 Å². The molecule has 2 aliphatic rings. The highest BCUT2D eigenvalue weighted by atomic mass is 35.5. The summed E-state index contributed by atoms with van der Waals surface area (Å²) in [5, 5.41) is 1.55. The highest BCUT2D eigenvalue weighted by Crippen LogP contribution is 2.36. The summed E-state index contributed by atoms with van der Waals surface area (Å²) in [6.45, 7) is 10.0. The molecule has 1 aliphatic heterocycles. The van der Waals surface area contributed by atoms with Gasteiger partial charge in [0, 0.05) is 47.3 Å². The molecule has 8 heteroatoms. The van der Waals surface area contributed by atoms with Gasteiger partial charge in [0.05, 0.1) is 11.2 Å². The quantitative estimate of drug-likeness (QED) is 0.355. The third kappa shape index (κ3) is 6.44. The van der Waals surface area contributed by atoms with E-state index in [4.69, 9.17) is 11.6 Å². The number of carbonyl (C=O) groups is 3. The van der Waals surface area contributed by atoms with Crippen LogP contribution in [0.25, 0.3) is 10.9 Å². The molecule has 1 aromatic heterocycles. The van der Waals surface area contributed by atoms with Crippen LogP contribution in [0.2, 0.25) is 5.02 Å². The number of fused-ring (bicyclic) bond motifs is 1. The van der Waals surface area contributed by atoms with Crippen molar-refractivity contribution in [3.05, 3.63) is 47.6 Å². The van der Waals surface area contributed by atoms with Gasteiger partial charge in [0.25, 0.3) is 11.8 Å². The second kappa shape index (κ2) is 12.9. The SMILES string of the molecule is CCN(CC)CCCC(C)N(C(=O)C1CCC(CN2C(=O)C=CC2=O)CC1)c1ccnc2cc(Cl)ccc12. The Morgan fingerprint density at radius 3 is 2.42 bits per heavy atom. The Morgan fingerprint density at radius 2 is 1.76 bits per heavy atom. The van der Waals surface area contributed by atoms with E-state index in [1.165, 1.54) is 17.1 Å². The first kappa shape index (κ1) is 28.2. The van der Waals surface area contributed by atoms with Crippen LogP contribution >= 0.6 is 11.6 Å². The number of imide groups is 1. The number of nitrogens with zero attached hydrogens (tertiary/aromatic N) is 4. The van der Waals surface area contributed by atoms with Crippen LogP contribution in [0.3, 0.4) is 0 Å². The molecule has 3 amide bonds. The van der Waals surface area contributed by atoms with E-state index in [2.05, 4.69) is 30.7 Å². The number of benzene rings is 1. The van der Waals surface area contributed by atoms with Crippen LogP contribution in [0.15, 0.2) is 42.6 Å². The maximum Gasteiger partial charge on any atom is 0.253 e. The Labute approximate surface area is 230 Å². The first-order valence-electron chi connectivity index (χ1n) is 14.0. The Hall–Kier alpha value is -2.77. The summed E-state index contributed by atoms with van der Waals surface area (Å²) < 4.78 is 0. The zero-order valence-electron chi connectivity index (χ0n) is 22.7. The molecule has 0 spiro atoms. The lowest BCUT2D eigenvalue weighted by Gasteiger charge is -2.36. The minimum absolute atomic E-state index is 0.0305. The number of pyridine rings is 1. The Morgan fingerprint density at radius 1 is 1.08 bits per heavy atom. The molecule has 1 aliphatic carbocycles. The predicted octanol–water partition coefficient (Wildman–Crippen LogP) is 5.46. The van der Waals surface area contributed by atoms with Crippen molar-refractivity contribution in [3.8, 4) is 0 Å². The summed E-state index contributed by atoms with van der Waals surface area (Å²) in [6, 6.07) is 7.62. The van der Waals surface area contributed by atoms with Gasteiger partial charge in [0.2, 0.25) is 5.91 Å². The Bertz CT molecular complexity index is 1170. The van der Waals surface area contributed by atoms with Crippen LogP contribution in [0.5, 0.6) is 0 Å². The van der Waals surface area contributed by atoms with E-state index in [-0.39, 0.29) is 35.6 Å². The van der Waals surface area contributed by atoms with Crippen LogP contribution in [0, 0.1) is 11.8 Å². The lowest BCUT2D eigenvalue weighted by Crippen LogP contribution is -2.44. The molecule has 1 saturated carbocycles. The molecule has 2 aromatic rings. The molecular formula is C30H39ClN4O3. The third-order valence-electron chi connectivity index (χ3n) is 8.15. The smallest absolute Gasteiger partial charge is 0.253 e. The van der Waals surface area contributed by atoms with E-state index in [0.29, 0.717) is 11.6 Å². The number of hydrogen-bond donors (Lipinski definition) is 0. The fourth-order valence-corrected chi connectivity index (χ4v) is 5.99. The van der Waals surface area contributed by atoms with Gasteiger partial charge < -0.3 is 9.80 Å². The normalized spacial score (nSPS) is 20.5. The number of aromatic nitrogens is 1. The van der Waals surface area contributed by atoms with Gasteiger partial charge in [-0.15, -0.1) is 0 Å². The van der Waals surface area contributed by atoms with Gasteiger partial charge in [0.15, 0.2) is 0 Å². The van der Waals surface area contributed by atoms with Gasteiger partial charge >= 0.3 is 0 Å². The monoisotopic (exact) mass is 538 g/mol. The summed E-state index contributed by atoms with van der Waals surface area (Å²) in [5.41, 5.74) is 1.66. The van der Waals surface area contributed by atoms with Crippen LogP contribution in [0.1, 0.15) is 59.3 Å². The third-order valence-corrected chi connectivity index (χ3v) is 8.38. The molecule has 2 heterocycles. The molecule has 0 radical (unpaired) electrons. The fraction of sp³-hybridized carbons (Fsp3) is 0.533. The highest BCUT2D eigenvalue weighted by molar-refractivity contribution is 6.31. The standard InChI is InChI=1S/C30H39ClN4O3/c1-4-33(5-2)18-6-7-21(3)35(27-16-17-32-26-19-24(31)12-13-25(26)27)30(38)23-10-8-22(9-11-23)20-34-28(36)14-15-29(34)37/h12-17,19,21-23H,4-11,18,20H2,1-3H3. The fourth-order valence-electron chi connectivity index (χ4n) is 5.83. The maximum absolute atomic E-state index is 14.2. The Kier molecular flexibility index (Phi) is 9.55. The number of anilines is 1. The van der Waals surface area contributed by atoms with Gasteiger partial charge in [-0.2, -0.15) is 0 Å². The molecule has 38 heavy (non-hydrogen) atoms. The van der Waals surface area contributed by atoms with Crippen LogP contribution < -0.4 is 4.90 Å². The molecule has 4 rings (SSSR count). The van der Waals surface area contributed by atoms with Gasteiger partial charge in [0.1, 0.15) is 0 Å². The average molecular weight is 539 g/mol. The Balaban J connectivity index is 1.50. The summed E-state index contributed by atoms with van der Waals surface area (Å²) in [6.07, 6.45) is 9.50. The molecule has 1 aromatic carbocycles. The van der Waals surface area contributed by atoms with Crippen molar-refractivity contribution in [1.29, 1.82) is 0 Å². The predicted molar refractivity (Wildman–Crippen MR) is 152 cm³/mol. The highest BCUT2D eigenvalue weighted by Gasteiger charge is 2.35. The van der Waals surface area contributed by atoms with Crippen molar-refractivity contribution in [2.24, 2.45) is 11.8 Å². The molecular weight excluding hydrogens is 500 g/mol. The van der Waals surface area contributed by atoms with Crippen molar-refractivity contribution < 1.29 is 14.4 Å². The minimum atomic E-state index is -0.234. The van der Waals surface area contributed by atoms with E-state index in [9.17, 15) is 14.4 Å². The van der Waals surface area contributed by atoms with Crippen molar-refractivity contribution in [1.82, 2.24) is 14.8 Å². The molecule has 0 N–H and O–H groups in total. The first-order chi connectivity index (χ1) is 18.3. The molecule has 0 bridgehead atoms. The van der Waals surface area contributed by atoms with Gasteiger partial charge in [-0.1, -0.05) is 25.4 Å². The van der Waals surface area contributed by atoms with E-state index < -0.39 is 0 Å². The number of hydrogen-bond acceptors (Lipinski definition) is 5. The average Bonchev–Trinajstić information content (AvgIpc) is 3.23. The van der Waals surface area contributed by atoms with Gasteiger partial charge in [-0.25, -0.2) is 0 Å². The zero-order chi connectivity index (χ0) is 27.2. The van der Waals surface area contributed by atoms with Gasteiger partial charge in [-0.3, -0.25) is 24.3 Å².